The van der Waals surface area contributed by atoms with Crippen LogP contribution in [0.3, 0.4) is 0 Å². The summed E-state index contributed by atoms with van der Waals surface area (Å²) in [5.41, 5.74) is 1.42. The lowest BCUT2D eigenvalue weighted by atomic mass is 10.1. The van der Waals surface area contributed by atoms with Gasteiger partial charge in [-0.2, -0.15) is 0 Å². The van der Waals surface area contributed by atoms with Gasteiger partial charge in [-0.3, -0.25) is 0 Å². The Morgan fingerprint density at radius 3 is 2.42 bits per heavy atom. The molecule has 0 atom stereocenters. The molecular formula is C9H9Br2F. The molecule has 0 heterocycles. The van der Waals surface area contributed by atoms with Gasteiger partial charge in [0.15, 0.2) is 0 Å². The normalized spacial score (nSPS) is 10.4. The van der Waals surface area contributed by atoms with Gasteiger partial charge in [-0.25, -0.2) is 4.39 Å². The summed E-state index contributed by atoms with van der Waals surface area (Å²) in [4.78, 5) is 0. The van der Waals surface area contributed by atoms with E-state index in [1.54, 1.807) is 6.92 Å². The minimum atomic E-state index is -0.112. The van der Waals surface area contributed by atoms with Crippen molar-refractivity contribution in [2.45, 2.75) is 20.3 Å². The van der Waals surface area contributed by atoms with E-state index in [0.717, 1.165) is 14.5 Å². The number of benzene rings is 1. The highest BCUT2D eigenvalue weighted by molar-refractivity contribution is 9.11. The van der Waals surface area contributed by atoms with Crippen molar-refractivity contribution in [3.63, 3.8) is 0 Å². The fourth-order valence-corrected chi connectivity index (χ4v) is 2.46. The third-order valence-corrected chi connectivity index (χ3v) is 3.38. The summed E-state index contributed by atoms with van der Waals surface area (Å²) in [5.74, 6) is -0.112. The molecule has 0 aliphatic heterocycles. The molecule has 0 aliphatic rings. The van der Waals surface area contributed by atoms with Gasteiger partial charge in [0, 0.05) is 14.5 Å². The molecule has 0 N–H and O–H groups in total. The minimum absolute atomic E-state index is 0.112. The van der Waals surface area contributed by atoms with Crippen LogP contribution in [0.15, 0.2) is 15.0 Å². The second-order valence-corrected chi connectivity index (χ2v) is 4.32. The van der Waals surface area contributed by atoms with Gasteiger partial charge in [-0.15, -0.1) is 0 Å². The van der Waals surface area contributed by atoms with Crippen molar-refractivity contribution in [3.8, 4) is 0 Å². The molecule has 0 radical (unpaired) electrons. The molecule has 3 heteroatoms. The fraction of sp³-hybridized carbons (Fsp3) is 0.333. The zero-order valence-electron chi connectivity index (χ0n) is 6.92. The molecular weight excluding hydrogens is 287 g/mol. The first-order valence-corrected chi connectivity index (χ1v) is 5.29. The summed E-state index contributed by atoms with van der Waals surface area (Å²) in [6.07, 6.45) is 0.709. The van der Waals surface area contributed by atoms with Crippen molar-refractivity contribution >= 4 is 31.9 Å². The molecule has 0 saturated heterocycles. The van der Waals surface area contributed by atoms with E-state index in [2.05, 4.69) is 31.9 Å². The van der Waals surface area contributed by atoms with Crippen LogP contribution in [0.4, 0.5) is 4.39 Å². The highest BCUT2D eigenvalue weighted by Gasteiger charge is 2.10. The van der Waals surface area contributed by atoms with Gasteiger partial charge in [0.05, 0.1) is 0 Å². The van der Waals surface area contributed by atoms with Crippen LogP contribution >= 0.6 is 31.9 Å². The Hall–Kier alpha value is 0.110. The SMILES string of the molecule is CCc1c(Br)cc(Br)c(C)c1F. The Kier molecular flexibility index (Phi) is 3.29. The van der Waals surface area contributed by atoms with Crippen LogP contribution < -0.4 is 0 Å². The summed E-state index contributed by atoms with van der Waals surface area (Å²) in [5, 5.41) is 0. The summed E-state index contributed by atoms with van der Waals surface area (Å²) in [7, 11) is 0. The van der Waals surface area contributed by atoms with Crippen molar-refractivity contribution in [1.29, 1.82) is 0 Å². The van der Waals surface area contributed by atoms with Gasteiger partial charge in [-0.1, -0.05) is 38.8 Å². The third-order valence-electron chi connectivity index (χ3n) is 1.85. The summed E-state index contributed by atoms with van der Waals surface area (Å²) in [6, 6.07) is 1.89. The van der Waals surface area contributed by atoms with Gasteiger partial charge in [0.25, 0.3) is 0 Å². The second kappa shape index (κ2) is 3.88. The quantitative estimate of drug-likeness (QED) is 0.728. The molecule has 0 unspecified atom stereocenters. The topological polar surface area (TPSA) is 0 Å². The van der Waals surface area contributed by atoms with E-state index in [4.69, 9.17) is 0 Å². The molecule has 12 heavy (non-hydrogen) atoms. The molecule has 0 aromatic heterocycles. The summed E-state index contributed by atoms with van der Waals surface area (Å²) in [6.45, 7) is 3.71. The third kappa shape index (κ3) is 1.72. The van der Waals surface area contributed by atoms with Crippen LogP contribution in [0.2, 0.25) is 0 Å². The van der Waals surface area contributed by atoms with Crippen LogP contribution in [-0.4, -0.2) is 0 Å². The average molecular weight is 296 g/mol. The second-order valence-electron chi connectivity index (χ2n) is 2.61. The predicted octanol–water partition coefficient (Wildman–Crippen LogP) is 4.22. The van der Waals surface area contributed by atoms with E-state index in [1.165, 1.54) is 0 Å². The lowest BCUT2D eigenvalue weighted by Crippen LogP contribution is -1.94. The number of hydrogen-bond acceptors (Lipinski definition) is 0. The van der Waals surface area contributed by atoms with Gasteiger partial charge in [0.1, 0.15) is 5.82 Å². The Morgan fingerprint density at radius 1 is 1.33 bits per heavy atom. The van der Waals surface area contributed by atoms with Crippen molar-refractivity contribution < 1.29 is 4.39 Å². The first kappa shape index (κ1) is 10.2. The maximum Gasteiger partial charge on any atom is 0.131 e. The molecule has 1 aromatic rings. The first-order chi connectivity index (χ1) is 5.57. The first-order valence-electron chi connectivity index (χ1n) is 3.70. The van der Waals surface area contributed by atoms with Crippen LogP contribution in [0.5, 0.6) is 0 Å². The van der Waals surface area contributed by atoms with E-state index < -0.39 is 0 Å². The molecule has 0 saturated carbocycles. The molecule has 0 spiro atoms. The van der Waals surface area contributed by atoms with E-state index in [1.807, 2.05) is 13.0 Å². The van der Waals surface area contributed by atoms with Crippen molar-refractivity contribution in [2.24, 2.45) is 0 Å². The molecule has 66 valence electrons. The number of hydrogen-bond donors (Lipinski definition) is 0. The molecule has 0 bridgehead atoms. The monoisotopic (exact) mass is 294 g/mol. The zero-order valence-corrected chi connectivity index (χ0v) is 10.1. The van der Waals surface area contributed by atoms with E-state index in [-0.39, 0.29) is 5.82 Å². The molecule has 0 aliphatic carbocycles. The fourth-order valence-electron chi connectivity index (χ4n) is 1.07. The maximum absolute atomic E-state index is 13.5. The van der Waals surface area contributed by atoms with Crippen molar-refractivity contribution in [2.75, 3.05) is 0 Å². The van der Waals surface area contributed by atoms with E-state index in [0.29, 0.717) is 12.0 Å². The zero-order chi connectivity index (χ0) is 9.30. The summed E-state index contributed by atoms with van der Waals surface area (Å²) < 4.78 is 15.1. The predicted molar refractivity (Wildman–Crippen MR) is 55.9 cm³/mol. The Balaban J connectivity index is 3.40. The Labute approximate surface area is 88.4 Å². The molecule has 0 amide bonds. The highest BCUT2D eigenvalue weighted by Crippen LogP contribution is 2.29. The Morgan fingerprint density at radius 2 is 1.92 bits per heavy atom. The molecule has 0 fully saturated rings. The minimum Gasteiger partial charge on any atom is -0.206 e. The number of halogens is 3. The molecule has 1 aromatic carbocycles. The van der Waals surface area contributed by atoms with Crippen LogP contribution in [0.1, 0.15) is 18.1 Å². The highest BCUT2D eigenvalue weighted by atomic mass is 79.9. The average Bonchev–Trinajstić information content (AvgIpc) is 2.01. The van der Waals surface area contributed by atoms with Gasteiger partial charge in [-0.05, 0) is 25.0 Å². The van der Waals surface area contributed by atoms with Gasteiger partial charge >= 0.3 is 0 Å². The number of rotatable bonds is 1. The Bertz CT molecular complexity index is 308. The lowest BCUT2D eigenvalue weighted by molar-refractivity contribution is 0.600. The lowest BCUT2D eigenvalue weighted by Gasteiger charge is -2.07. The summed E-state index contributed by atoms with van der Waals surface area (Å²) >= 11 is 6.61. The smallest absolute Gasteiger partial charge is 0.131 e. The van der Waals surface area contributed by atoms with Gasteiger partial charge < -0.3 is 0 Å². The van der Waals surface area contributed by atoms with E-state index >= 15 is 0 Å². The standard InChI is InChI=1S/C9H9Br2F/c1-3-6-8(11)4-7(10)5(2)9(6)12/h4H,3H2,1-2H3. The van der Waals surface area contributed by atoms with Crippen molar-refractivity contribution in [3.05, 3.63) is 32.0 Å². The van der Waals surface area contributed by atoms with Crippen LogP contribution in [-0.2, 0) is 6.42 Å². The maximum atomic E-state index is 13.5. The van der Waals surface area contributed by atoms with Crippen LogP contribution in [0, 0.1) is 12.7 Å². The van der Waals surface area contributed by atoms with Crippen LogP contribution in [0.25, 0.3) is 0 Å². The van der Waals surface area contributed by atoms with Gasteiger partial charge in [0.2, 0.25) is 0 Å². The van der Waals surface area contributed by atoms with Crippen molar-refractivity contribution in [1.82, 2.24) is 0 Å². The largest absolute Gasteiger partial charge is 0.206 e. The molecule has 1 rings (SSSR count). The molecule has 0 nitrogen and oxygen atoms in total. The van der Waals surface area contributed by atoms with E-state index in [9.17, 15) is 4.39 Å².